The number of carbonyl (C=O) groups is 1. The normalized spacial score (nSPS) is 12.8. The number of aromatic nitrogens is 2. The SMILES string of the molecule is CCCN1C(=O)c2ccccc2Sc2cc(-c3noc(-c4cccc(N(C)C)c4)n3)ccc21. The minimum Gasteiger partial charge on any atom is -0.378 e. The molecule has 3 aromatic carbocycles. The summed E-state index contributed by atoms with van der Waals surface area (Å²) in [7, 11) is 3.99. The molecule has 166 valence electrons. The number of carbonyl (C=O) groups excluding carboxylic acids is 1. The Hall–Kier alpha value is -3.58. The first-order valence-corrected chi connectivity index (χ1v) is 11.7. The van der Waals surface area contributed by atoms with Crippen molar-refractivity contribution in [2.24, 2.45) is 0 Å². The average molecular weight is 457 g/mol. The fourth-order valence-electron chi connectivity index (χ4n) is 3.88. The second-order valence-electron chi connectivity index (χ2n) is 8.11. The number of amides is 1. The third-order valence-electron chi connectivity index (χ3n) is 5.57. The Labute approximate surface area is 197 Å². The molecule has 1 aromatic heterocycles. The summed E-state index contributed by atoms with van der Waals surface area (Å²) >= 11 is 1.60. The number of fused-ring (bicyclic) bond motifs is 2. The molecule has 4 aromatic rings. The molecular weight excluding hydrogens is 432 g/mol. The minimum absolute atomic E-state index is 0.0362. The molecule has 0 radical (unpaired) electrons. The van der Waals surface area contributed by atoms with Crippen molar-refractivity contribution in [3.63, 3.8) is 0 Å². The van der Waals surface area contributed by atoms with Gasteiger partial charge in [-0.15, -0.1) is 0 Å². The Kier molecular flexibility index (Phi) is 5.64. The molecule has 33 heavy (non-hydrogen) atoms. The predicted octanol–water partition coefficient (Wildman–Crippen LogP) is 5.99. The lowest BCUT2D eigenvalue weighted by Crippen LogP contribution is -2.31. The third-order valence-corrected chi connectivity index (χ3v) is 6.70. The van der Waals surface area contributed by atoms with Crippen molar-refractivity contribution in [3.8, 4) is 22.8 Å². The lowest BCUT2D eigenvalue weighted by molar-refractivity contribution is 0.0984. The maximum absolute atomic E-state index is 13.2. The molecule has 1 aliphatic rings. The molecule has 0 saturated carbocycles. The Morgan fingerprint density at radius 1 is 0.970 bits per heavy atom. The quantitative estimate of drug-likeness (QED) is 0.368. The second-order valence-corrected chi connectivity index (χ2v) is 9.19. The molecule has 0 bridgehead atoms. The maximum Gasteiger partial charge on any atom is 0.259 e. The van der Waals surface area contributed by atoms with Crippen LogP contribution in [-0.2, 0) is 0 Å². The number of benzene rings is 3. The second kappa shape index (κ2) is 8.75. The van der Waals surface area contributed by atoms with E-state index in [4.69, 9.17) is 4.52 Å². The first kappa shape index (κ1) is 21.3. The minimum atomic E-state index is 0.0362. The number of rotatable bonds is 5. The van der Waals surface area contributed by atoms with E-state index in [-0.39, 0.29) is 5.91 Å². The average Bonchev–Trinajstić information content (AvgIpc) is 3.29. The number of hydrogen-bond donors (Lipinski definition) is 0. The predicted molar refractivity (Wildman–Crippen MR) is 132 cm³/mol. The highest BCUT2D eigenvalue weighted by Crippen LogP contribution is 2.43. The first-order valence-electron chi connectivity index (χ1n) is 10.9. The van der Waals surface area contributed by atoms with Crippen molar-refractivity contribution >= 4 is 29.0 Å². The summed E-state index contributed by atoms with van der Waals surface area (Å²) < 4.78 is 5.59. The van der Waals surface area contributed by atoms with Gasteiger partial charge in [0.1, 0.15) is 0 Å². The fraction of sp³-hybridized carbons (Fsp3) is 0.192. The van der Waals surface area contributed by atoms with Crippen molar-refractivity contribution in [2.45, 2.75) is 23.1 Å². The van der Waals surface area contributed by atoms with Gasteiger partial charge < -0.3 is 14.3 Å². The van der Waals surface area contributed by atoms with E-state index in [2.05, 4.69) is 17.1 Å². The Morgan fingerprint density at radius 3 is 2.64 bits per heavy atom. The number of anilines is 2. The summed E-state index contributed by atoms with van der Waals surface area (Å²) in [6.07, 6.45) is 0.875. The van der Waals surface area contributed by atoms with Gasteiger partial charge in [0.05, 0.1) is 11.3 Å². The van der Waals surface area contributed by atoms with Gasteiger partial charge in [0, 0.05) is 47.2 Å². The van der Waals surface area contributed by atoms with E-state index in [9.17, 15) is 4.79 Å². The van der Waals surface area contributed by atoms with Crippen LogP contribution in [-0.4, -0.2) is 36.7 Å². The summed E-state index contributed by atoms with van der Waals surface area (Å²) in [5, 5.41) is 4.23. The van der Waals surface area contributed by atoms with Crippen LogP contribution < -0.4 is 9.80 Å². The van der Waals surface area contributed by atoms with Crippen LogP contribution in [0.3, 0.4) is 0 Å². The van der Waals surface area contributed by atoms with Crippen molar-refractivity contribution in [1.29, 1.82) is 0 Å². The van der Waals surface area contributed by atoms with Crippen LogP contribution in [0, 0.1) is 0 Å². The highest BCUT2D eigenvalue weighted by molar-refractivity contribution is 7.99. The van der Waals surface area contributed by atoms with Crippen LogP contribution in [0.4, 0.5) is 11.4 Å². The van der Waals surface area contributed by atoms with E-state index in [1.165, 1.54) is 0 Å². The van der Waals surface area contributed by atoms with Crippen LogP contribution in [0.1, 0.15) is 23.7 Å². The van der Waals surface area contributed by atoms with E-state index in [0.717, 1.165) is 44.3 Å². The smallest absolute Gasteiger partial charge is 0.259 e. The Morgan fingerprint density at radius 2 is 1.82 bits per heavy atom. The van der Waals surface area contributed by atoms with Crippen LogP contribution >= 0.6 is 11.8 Å². The molecule has 0 unspecified atom stereocenters. The lowest BCUT2D eigenvalue weighted by atomic mass is 10.1. The van der Waals surface area contributed by atoms with Gasteiger partial charge in [-0.1, -0.05) is 42.0 Å². The van der Waals surface area contributed by atoms with Crippen LogP contribution in [0.2, 0.25) is 0 Å². The van der Waals surface area contributed by atoms with E-state index in [1.807, 2.05) is 90.6 Å². The topological polar surface area (TPSA) is 62.5 Å². The van der Waals surface area contributed by atoms with Gasteiger partial charge in [-0.25, -0.2) is 0 Å². The van der Waals surface area contributed by atoms with Gasteiger partial charge in [0.25, 0.3) is 11.8 Å². The molecule has 0 aliphatic carbocycles. The zero-order chi connectivity index (χ0) is 22.9. The molecule has 1 amide bonds. The van der Waals surface area contributed by atoms with Crippen molar-refractivity contribution in [3.05, 3.63) is 72.3 Å². The zero-order valence-electron chi connectivity index (χ0n) is 18.8. The monoisotopic (exact) mass is 456 g/mol. The molecule has 1 aliphatic heterocycles. The Bertz CT molecular complexity index is 1330. The first-order chi connectivity index (χ1) is 16.0. The van der Waals surface area contributed by atoms with E-state index in [1.54, 1.807) is 11.8 Å². The summed E-state index contributed by atoms with van der Waals surface area (Å²) in [6, 6.07) is 21.7. The fourth-order valence-corrected chi connectivity index (χ4v) is 5.00. The van der Waals surface area contributed by atoms with Crippen molar-refractivity contribution < 1.29 is 9.32 Å². The van der Waals surface area contributed by atoms with Crippen LogP contribution in [0.25, 0.3) is 22.8 Å². The summed E-state index contributed by atoms with van der Waals surface area (Å²) in [4.78, 5) is 23.8. The molecule has 0 spiro atoms. The Balaban J connectivity index is 1.54. The van der Waals surface area contributed by atoms with Gasteiger partial charge in [-0.2, -0.15) is 4.98 Å². The van der Waals surface area contributed by atoms with Crippen LogP contribution in [0.15, 0.2) is 81.0 Å². The molecule has 5 rings (SSSR count). The lowest BCUT2D eigenvalue weighted by Gasteiger charge is -2.22. The maximum atomic E-state index is 13.2. The van der Waals surface area contributed by atoms with Gasteiger partial charge in [0.2, 0.25) is 5.82 Å². The van der Waals surface area contributed by atoms with E-state index in [0.29, 0.717) is 18.3 Å². The van der Waals surface area contributed by atoms with Gasteiger partial charge in [-0.05, 0) is 55.0 Å². The molecular formula is C26H24N4O2S. The molecule has 0 atom stereocenters. The number of hydrogen-bond acceptors (Lipinski definition) is 6. The van der Waals surface area contributed by atoms with Crippen molar-refractivity contribution in [2.75, 3.05) is 30.4 Å². The molecule has 0 fully saturated rings. The standard InChI is InChI=1S/C26H24N4O2S/c1-4-14-30-21-13-12-17(16-23(21)33-22-11-6-5-10-20(22)26(30)31)24-27-25(32-28-24)18-8-7-9-19(15-18)29(2)3/h5-13,15-16H,4,14H2,1-3H3. The molecule has 0 saturated heterocycles. The van der Waals surface area contributed by atoms with Crippen molar-refractivity contribution in [1.82, 2.24) is 10.1 Å². The summed E-state index contributed by atoms with van der Waals surface area (Å²) in [5.41, 5.74) is 4.43. The third kappa shape index (κ3) is 4.00. The highest BCUT2D eigenvalue weighted by atomic mass is 32.2. The zero-order valence-corrected chi connectivity index (χ0v) is 19.6. The summed E-state index contributed by atoms with van der Waals surface area (Å²) in [6.45, 7) is 2.74. The summed E-state index contributed by atoms with van der Waals surface area (Å²) in [5.74, 6) is 1.04. The highest BCUT2D eigenvalue weighted by Gasteiger charge is 2.27. The number of nitrogens with zero attached hydrogens (tertiary/aromatic N) is 4. The van der Waals surface area contributed by atoms with Gasteiger partial charge >= 0.3 is 0 Å². The van der Waals surface area contributed by atoms with E-state index >= 15 is 0 Å². The van der Waals surface area contributed by atoms with Crippen LogP contribution in [0.5, 0.6) is 0 Å². The van der Waals surface area contributed by atoms with E-state index < -0.39 is 0 Å². The van der Waals surface area contributed by atoms with Gasteiger partial charge in [0.15, 0.2) is 0 Å². The van der Waals surface area contributed by atoms with Gasteiger partial charge in [-0.3, -0.25) is 4.79 Å². The molecule has 0 N–H and O–H groups in total. The molecule has 2 heterocycles. The molecule has 6 nitrogen and oxygen atoms in total. The molecule has 7 heteroatoms. The largest absolute Gasteiger partial charge is 0.378 e.